The first-order valence-corrected chi connectivity index (χ1v) is 11.9. The quantitative estimate of drug-likeness (QED) is 0.289. The molecule has 0 radical (unpaired) electrons. The number of nitrogens with zero attached hydrogens (tertiary/aromatic N) is 3. The van der Waals surface area contributed by atoms with Crippen LogP contribution in [0, 0.1) is 5.82 Å². The molecule has 182 valence electrons. The average molecular weight is 504 g/mol. The minimum atomic E-state index is -4.19. The molecule has 1 aliphatic heterocycles. The summed E-state index contributed by atoms with van der Waals surface area (Å²) < 4.78 is 51.0. The maximum Gasteiger partial charge on any atom is 0.335 e. The van der Waals surface area contributed by atoms with Crippen LogP contribution < -0.4 is 15.8 Å². The van der Waals surface area contributed by atoms with E-state index >= 15 is 0 Å². The first-order chi connectivity index (χ1) is 15.5. The van der Waals surface area contributed by atoms with E-state index in [1.54, 1.807) is 14.1 Å². The number of rotatable bonds is 7. The number of amides is 1. The van der Waals surface area contributed by atoms with Crippen LogP contribution in [0.2, 0.25) is 0 Å². The predicted molar refractivity (Wildman–Crippen MR) is 122 cm³/mol. The highest BCUT2D eigenvalue weighted by molar-refractivity contribution is 7.83. The summed E-state index contributed by atoms with van der Waals surface area (Å²) in [7, 11) is 0.521. The molecule has 11 nitrogen and oxygen atoms in total. The Balaban J connectivity index is 0.000000696. The van der Waals surface area contributed by atoms with Gasteiger partial charge in [0.15, 0.2) is 16.7 Å². The van der Waals surface area contributed by atoms with Crippen LogP contribution in [0.15, 0.2) is 18.2 Å². The minimum absolute atomic E-state index is 0.0316. The summed E-state index contributed by atoms with van der Waals surface area (Å²) in [4.78, 5) is 27.8. The SMILES string of the molecule is CN(C)C=O.COc1ccc(C(=O)c2sc(NC3CCN(S(=O)(=O)O)CC3)nc2N)cc1F. The number of hydrogen-bond donors (Lipinski definition) is 3. The summed E-state index contributed by atoms with van der Waals surface area (Å²) in [6, 6.07) is 3.81. The highest BCUT2D eigenvalue weighted by Crippen LogP contribution is 2.30. The van der Waals surface area contributed by atoms with E-state index in [0.29, 0.717) is 18.0 Å². The molecule has 2 heterocycles. The second-order valence-corrected chi connectivity index (χ2v) is 9.69. The molecule has 1 fully saturated rings. The molecule has 0 unspecified atom stereocenters. The fourth-order valence-electron chi connectivity index (χ4n) is 2.90. The molecule has 1 aromatic carbocycles. The third-order valence-electron chi connectivity index (χ3n) is 4.59. The molecule has 1 aliphatic rings. The van der Waals surface area contributed by atoms with Crippen molar-refractivity contribution in [1.29, 1.82) is 0 Å². The summed E-state index contributed by atoms with van der Waals surface area (Å²) in [5.41, 5.74) is 5.98. The summed E-state index contributed by atoms with van der Waals surface area (Å²) in [5, 5.41) is 3.54. The number of carbonyl (C=O) groups is 2. The second-order valence-electron chi connectivity index (χ2n) is 7.28. The Morgan fingerprint density at radius 3 is 2.48 bits per heavy atom. The zero-order valence-electron chi connectivity index (χ0n) is 18.3. The molecular weight excluding hydrogens is 477 g/mol. The Morgan fingerprint density at radius 2 is 2.00 bits per heavy atom. The standard InChI is InChI=1S/C16H19FN4O5S2.C3H7NO/c1-26-12-3-2-9(8-11(12)17)13(22)14-15(18)20-16(27-14)19-10-4-6-21(7-5-10)28(23,24)25;1-4(2)3-5/h2-3,8,10H,4-7,18H2,1H3,(H,19,20)(H,23,24,25);3H,1-2H3. The highest BCUT2D eigenvalue weighted by Gasteiger charge is 2.27. The lowest BCUT2D eigenvalue weighted by molar-refractivity contribution is -0.115. The molecule has 0 atom stereocenters. The molecule has 0 bridgehead atoms. The van der Waals surface area contributed by atoms with Gasteiger partial charge in [0.2, 0.25) is 12.2 Å². The number of ether oxygens (including phenoxy) is 1. The van der Waals surface area contributed by atoms with E-state index in [1.165, 1.54) is 24.1 Å². The van der Waals surface area contributed by atoms with Crippen LogP contribution in [0.25, 0.3) is 0 Å². The highest BCUT2D eigenvalue weighted by atomic mass is 32.2. The van der Waals surface area contributed by atoms with E-state index in [-0.39, 0.29) is 41.1 Å². The van der Waals surface area contributed by atoms with Crippen molar-refractivity contribution in [2.24, 2.45) is 0 Å². The molecule has 33 heavy (non-hydrogen) atoms. The maximum atomic E-state index is 13.9. The number of nitrogen functional groups attached to an aromatic ring is 1. The summed E-state index contributed by atoms with van der Waals surface area (Å²) in [6.07, 6.45) is 1.68. The Kier molecular flexibility index (Phi) is 9.10. The van der Waals surface area contributed by atoms with E-state index in [2.05, 4.69) is 10.3 Å². The molecule has 0 aliphatic carbocycles. The number of benzene rings is 1. The van der Waals surface area contributed by atoms with E-state index in [1.807, 2.05) is 0 Å². The lowest BCUT2D eigenvalue weighted by Crippen LogP contribution is -2.42. The van der Waals surface area contributed by atoms with Crippen LogP contribution in [0.5, 0.6) is 5.75 Å². The van der Waals surface area contributed by atoms with Gasteiger partial charge in [0.05, 0.1) is 7.11 Å². The molecule has 0 spiro atoms. The van der Waals surface area contributed by atoms with Gasteiger partial charge in [-0.25, -0.2) is 9.37 Å². The summed E-state index contributed by atoms with van der Waals surface area (Å²) in [6.45, 7) is 0.350. The molecule has 4 N–H and O–H groups in total. The number of nitrogens with one attached hydrogen (secondary N) is 1. The van der Waals surface area contributed by atoms with Gasteiger partial charge in [-0.3, -0.25) is 14.1 Å². The number of ketones is 1. The normalized spacial score (nSPS) is 14.7. The fourth-order valence-corrected chi connectivity index (χ4v) is 4.50. The smallest absolute Gasteiger partial charge is 0.335 e. The molecule has 1 aromatic heterocycles. The molecule has 1 amide bonds. The largest absolute Gasteiger partial charge is 0.494 e. The fraction of sp³-hybridized carbons (Fsp3) is 0.421. The van der Waals surface area contributed by atoms with Crippen molar-refractivity contribution in [3.8, 4) is 5.75 Å². The minimum Gasteiger partial charge on any atom is -0.494 e. The number of methoxy groups -OCH3 is 1. The van der Waals surface area contributed by atoms with Gasteiger partial charge in [-0.15, -0.1) is 0 Å². The van der Waals surface area contributed by atoms with Crippen LogP contribution in [0.1, 0.15) is 28.1 Å². The number of carbonyl (C=O) groups excluding carboxylic acids is 2. The number of hydrogen-bond acceptors (Lipinski definition) is 9. The van der Waals surface area contributed by atoms with Gasteiger partial charge in [-0.05, 0) is 31.0 Å². The number of anilines is 2. The van der Waals surface area contributed by atoms with Gasteiger partial charge in [0, 0.05) is 38.8 Å². The van der Waals surface area contributed by atoms with Crippen molar-refractivity contribution in [1.82, 2.24) is 14.2 Å². The van der Waals surface area contributed by atoms with Gasteiger partial charge < -0.3 is 20.7 Å². The zero-order valence-corrected chi connectivity index (χ0v) is 20.0. The molecular formula is C19H26FN5O6S2. The number of thiazole rings is 1. The topological polar surface area (TPSA) is 155 Å². The average Bonchev–Trinajstić information content (AvgIpc) is 3.13. The van der Waals surface area contributed by atoms with E-state index in [0.717, 1.165) is 28.1 Å². The van der Waals surface area contributed by atoms with Gasteiger partial charge >= 0.3 is 10.3 Å². The Morgan fingerprint density at radius 1 is 1.39 bits per heavy atom. The van der Waals surface area contributed by atoms with E-state index in [4.69, 9.17) is 15.0 Å². The number of halogens is 1. The van der Waals surface area contributed by atoms with Crippen molar-refractivity contribution in [3.05, 3.63) is 34.5 Å². The predicted octanol–water partition coefficient (Wildman–Crippen LogP) is 1.49. The molecule has 1 saturated heterocycles. The number of piperidine rings is 1. The molecule has 2 aromatic rings. The van der Waals surface area contributed by atoms with Crippen molar-refractivity contribution in [2.75, 3.05) is 45.3 Å². The molecule has 14 heteroatoms. The van der Waals surface area contributed by atoms with Crippen molar-refractivity contribution in [3.63, 3.8) is 0 Å². The lowest BCUT2D eigenvalue weighted by atomic mass is 10.1. The van der Waals surface area contributed by atoms with Crippen LogP contribution in [-0.2, 0) is 15.1 Å². The van der Waals surface area contributed by atoms with Gasteiger partial charge in [0.1, 0.15) is 10.7 Å². The summed E-state index contributed by atoms with van der Waals surface area (Å²) in [5.74, 6) is -1.04. The van der Waals surface area contributed by atoms with Crippen LogP contribution in [0.3, 0.4) is 0 Å². The second kappa shape index (κ2) is 11.4. The maximum absolute atomic E-state index is 13.9. The molecule has 0 saturated carbocycles. The number of nitrogens with two attached hydrogens (primary N) is 1. The van der Waals surface area contributed by atoms with Crippen LogP contribution in [-0.4, -0.2) is 79.7 Å². The van der Waals surface area contributed by atoms with Crippen molar-refractivity contribution in [2.45, 2.75) is 18.9 Å². The monoisotopic (exact) mass is 503 g/mol. The van der Waals surface area contributed by atoms with Crippen molar-refractivity contribution < 1.29 is 31.7 Å². The van der Waals surface area contributed by atoms with Crippen LogP contribution in [0.4, 0.5) is 15.3 Å². The van der Waals surface area contributed by atoms with E-state index < -0.39 is 21.9 Å². The third-order valence-corrected chi connectivity index (χ3v) is 6.61. The third kappa shape index (κ3) is 7.35. The Labute approximate surface area is 195 Å². The van der Waals surface area contributed by atoms with Crippen molar-refractivity contribution >= 4 is 44.8 Å². The van der Waals surface area contributed by atoms with Gasteiger partial charge in [0.25, 0.3) is 0 Å². The van der Waals surface area contributed by atoms with E-state index in [9.17, 15) is 22.4 Å². The Hall–Kier alpha value is -2.81. The van der Waals surface area contributed by atoms with Crippen LogP contribution >= 0.6 is 11.3 Å². The Bertz CT molecular complexity index is 1080. The van der Waals surface area contributed by atoms with Gasteiger partial charge in [-0.2, -0.15) is 12.7 Å². The molecule has 3 rings (SSSR count). The first kappa shape index (κ1) is 26.4. The lowest BCUT2D eigenvalue weighted by Gasteiger charge is -2.29. The van der Waals surface area contributed by atoms with Gasteiger partial charge in [-0.1, -0.05) is 11.3 Å². The number of aromatic nitrogens is 1. The summed E-state index contributed by atoms with van der Waals surface area (Å²) >= 11 is 1.05. The first-order valence-electron chi connectivity index (χ1n) is 9.71. The zero-order chi connectivity index (χ0) is 24.8.